The molecule has 0 radical (unpaired) electrons. The molecular weight excluding hydrogens is 653 g/mol. The molecule has 1 atom stereocenters. The zero-order valence-electron chi connectivity index (χ0n) is 28.2. The Bertz CT molecular complexity index is 2830. The van der Waals surface area contributed by atoms with Crippen LogP contribution in [-0.2, 0) is 0 Å². The molecule has 1 unspecified atom stereocenters. The molecule has 52 heavy (non-hydrogen) atoms. The van der Waals surface area contributed by atoms with Gasteiger partial charge in [-0.25, -0.2) is 0 Å². The molecule has 0 saturated heterocycles. The minimum Gasteiger partial charge on any atom is -0.455 e. The third-order valence-electron chi connectivity index (χ3n) is 10.7. The minimum atomic E-state index is 0.221. The quantitative estimate of drug-likeness (QED) is 0.184. The van der Waals surface area contributed by atoms with Crippen molar-refractivity contribution in [1.29, 1.82) is 0 Å². The van der Waals surface area contributed by atoms with Crippen LogP contribution < -0.4 is 4.90 Å². The van der Waals surface area contributed by atoms with Crippen molar-refractivity contribution < 1.29 is 4.42 Å². The lowest BCUT2D eigenvalue weighted by Crippen LogP contribution is -2.32. The van der Waals surface area contributed by atoms with Gasteiger partial charge in [0.2, 0.25) is 0 Å². The van der Waals surface area contributed by atoms with E-state index in [4.69, 9.17) is 4.42 Å². The second kappa shape index (κ2) is 11.7. The maximum atomic E-state index is 6.88. The lowest BCUT2D eigenvalue weighted by Gasteiger charge is -2.38. The largest absolute Gasteiger partial charge is 0.455 e. The van der Waals surface area contributed by atoms with E-state index in [1.54, 1.807) is 0 Å². The Kier molecular flexibility index (Phi) is 6.61. The Morgan fingerprint density at radius 3 is 1.71 bits per heavy atom. The van der Waals surface area contributed by atoms with Gasteiger partial charge in [-0.2, -0.15) is 0 Å². The van der Waals surface area contributed by atoms with Crippen LogP contribution in [0.2, 0.25) is 0 Å². The predicted octanol–water partition coefficient (Wildman–Crippen LogP) is 13.4. The van der Waals surface area contributed by atoms with Crippen molar-refractivity contribution in [2.45, 2.75) is 22.3 Å². The molecular formula is C48H32N2OS. The van der Waals surface area contributed by atoms with Gasteiger partial charge in [-0.15, -0.1) is 0 Å². The Morgan fingerprint density at radius 1 is 0.519 bits per heavy atom. The van der Waals surface area contributed by atoms with Crippen molar-refractivity contribution >= 4 is 72.5 Å². The van der Waals surface area contributed by atoms with E-state index in [-0.39, 0.29) is 6.04 Å². The van der Waals surface area contributed by atoms with Crippen molar-refractivity contribution in [2.24, 2.45) is 0 Å². The molecule has 3 heterocycles. The highest BCUT2D eigenvalue weighted by atomic mass is 32.2. The maximum absolute atomic E-state index is 6.88. The number of rotatable bonds is 4. The van der Waals surface area contributed by atoms with Crippen LogP contribution in [0.4, 0.5) is 11.4 Å². The summed E-state index contributed by atoms with van der Waals surface area (Å²) in [6.45, 7) is 0. The fourth-order valence-corrected chi connectivity index (χ4v) is 9.43. The number of benzene rings is 7. The summed E-state index contributed by atoms with van der Waals surface area (Å²) in [4.78, 5) is 5.10. The topological polar surface area (TPSA) is 21.3 Å². The van der Waals surface area contributed by atoms with Gasteiger partial charge in [0.05, 0.1) is 28.5 Å². The molecule has 1 aliphatic carbocycles. The van der Waals surface area contributed by atoms with Gasteiger partial charge in [-0.1, -0.05) is 139 Å². The van der Waals surface area contributed by atoms with Crippen molar-refractivity contribution in [3.63, 3.8) is 0 Å². The first-order valence-electron chi connectivity index (χ1n) is 17.9. The first-order valence-corrected chi connectivity index (χ1v) is 18.7. The van der Waals surface area contributed by atoms with Gasteiger partial charge in [-0.05, 0) is 66.1 Å². The van der Waals surface area contributed by atoms with Crippen LogP contribution >= 0.6 is 11.8 Å². The van der Waals surface area contributed by atoms with Gasteiger partial charge in [0.15, 0.2) is 0 Å². The number of nitrogens with zero attached hydrogens (tertiary/aromatic N) is 2. The second-order valence-corrected chi connectivity index (χ2v) is 14.7. The third kappa shape index (κ3) is 4.47. The lowest BCUT2D eigenvalue weighted by molar-refractivity contribution is 0.668. The van der Waals surface area contributed by atoms with E-state index in [0.29, 0.717) is 0 Å². The number of hydrogen-bond acceptors (Lipinski definition) is 3. The van der Waals surface area contributed by atoms with E-state index in [0.717, 1.165) is 50.7 Å². The van der Waals surface area contributed by atoms with E-state index < -0.39 is 0 Å². The molecule has 2 aliphatic rings. The first kappa shape index (κ1) is 29.5. The van der Waals surface area contributed by atoms with Crippen LogP contribution in [0.3, 0.4) is 0 Å². The molecule has 0 fully saturated rings. The monoisotopic (exact) mass is 684 g/mol. The molecule has 11 rings (SSSR count). The number of allylic oxidation sites excluding steroid dienone is 2. The van der Waals surface area contributed by atoms with Crippen molar-refractivity contribution in [2.75, 3.05) is 4.90 Å². The Balaban J connectivity index is 0.954. The molecule has 7 aromatic carbocycles. The lowest BCUT2D eigenvalue weighted by atomic mass is 9.94. The van der Waals surface area contributed by atoms with Crippen LogP contribution in [0.25, 0.3) is 66.1 Å². The number of aromatic nitrogens is 1. The molecule has 246 valence electrons. The van der Waals surface area contributed by atoms with E-state index in [1.165, 1.54) is 48.5 Å². The summed E-state index contributed by atoms with van der Waals surface area (Å²) in [6, 6.07) is 57.0. The number of furan rings is 1. The number of para-hydroxylation sites is 6. The highest BCUT2D eigenvalue weighted by molar-refractivity contribution is 7.99. The van der Waals surface area contributed by atoms with Crippen molar-refractivity contribution in [1.82, 2.24) is 4.57 Å². The normalized spacial score (nSPS) is 15.3. The summed E-state index contributed by atoms with van der Waals surface area (Å²) < 4.78 is 9.24. The molecule has 0 saturated carbocycles. The SMILES string of the molecule is C1=CC(N2c3ccccc3Sc3ccccc32)CC=C1c1cccc2c1oc1c(-c3ccc(-n4c5ccccc5c5ccccc54)cc3)cccc12. The van der Waals surface area contributed by atoms with E-state index in [2.05, 4.69) is 185 Å². The van der Waals surface area contributed by atoms with E-state index >= 15 is 0 Å². The van der Waals surface area contributed by atoms with Gasteiger partial charge >= 0.3 is 0 Å². The molecule has 2 aromatic heterocycles. The number of hydrogen-bond donors (Lipinski definition) is 0. The minimum absolute atomic E-state index is 0.221. The number of anilines is 2. The Morgan fingerprint density at radius 2 is 1.08 bits per heavy atom. The van der Waals surface area contributed by atoms with Crippen molar-refractivity contribution in [3.8, 4) is 16.8 Å². The maximum Gasteiger partial charge on any atom is 0.143 e. The molecule has 0 amide bonds. The summed E-state index contributed by atoms with van der Waals surface area (Å²) >= 11 is 1.86. The standard InChI is InChI=1S/C48H32N2OS/c1-3-17-41-37(11-1)38-12-2-4-18-42(38)49(41)33-27-23-31(24-28-33)35-13-9-15-39-40-16-10-14-36(48(40)51-47(35)39)32-25-29-34(30-26-32)50-43-19-5-7-21-45(43)52-46-22-8-6-20-44(46)50/h1-29,34H,30H2. The molecule has 4 heteroatoms. The van der Waals surface area contributed by atoms with Gasteiger partial charge in [0.1, 0.15) is 11.2 Å². The zero-order valence-corrected chi connectivity index (χ0v) is 29.1. The second-order valence-electron chi connectivity index (χ2n) is 13.6. The summed E-state index contributed by atoms with van der Waals surface area (Å²) in [5, 5.41) is 4.82. The first-order chi connectivity index (χ1) is 25.8. The van der Waals surface area contributed by atoms with Crippen LogP contribution in [0.1, 0.15) is 12.0 Å². The molecule has 0 N–H and O–H groups in total. The third-order valence-corrected chi connectivity index (χ3v) is 11.9. The summed E-state index contributed by atoms with van der Waals surface area (Å²) in [6.07, 6.45) is 7.94. The molecule has 1 aliphatic heterocycles. The zero-order chi connectivity index (χ0) is 34.2. The summed E-state index contributed by atoms with van der Waals surface area (Å²) in [7, 11) is 0. The number of fused-ring (bicyclic) bond motifs is 8. The highest BCUT2D eigenvalue weighted by Crippen LogP contribution is 2.50. The Hall–Kier alpha value is -6.23. The van der Waals surface area contributed by atoms with Crippen LogP contribution in [0.15, 0.2) is 190 Å². The summed E-state index contributed by atoms with van der Waals surface area (Å²) in [5.41, 5.74) is 12.5. The van der Waals surface area contributed by atoms with Gasteiger partial charge in [0.25, 0.3) is 0 Å². The van der Waals surface area contributed by atoms with Gasteiger partial charge < -0.3 is 13.9 Å². The molecule has 0 spiro atoms. The fourth-order valence-electron chi connectivity index (χ4n) is 8.36. The van der Waals surface area contributed by atoms with Crippen LogP contribution in [-0.4, -0.2) is 10.6 Å². The smallest absolute Gasteiger partial charge is 0.143 e. The van der Waals surface area contributed by atoms with Crippen molar-refractivity contribution in [3.05, 3.63) is 182 Å². The van der Waals surface area contributed by atoms with Crippen LogP contribution in [0.5, 0.6) is 0 Å². The van der Waals surface area contributed by atoms with E-state index in [1.807, 2.05) is 11.8 Å². The highest BCUT2D eigenvalue weighted by Gasteiger charge is 2.29. The molecule has 9 aromatic rings. The average molecular weight is 685 g/mol. The Labute approximate surface area is 305 Å². The van der Waals surface area contributed by atoms with Crippen LogP contribution in [0, 0.1) is 0 Å². The molecule has 0 bridgehead atoms. The molecule has 3 nitrogen and oxygen atoms in total. The summed E-state index contributed by atoms with van der Waals surface area (Å²) in [5.74, 6) is 0. The predicted molar refractivity (Wildman–Crippen MR) is 218 cm³/mol. The van der Waals surface area contributed by atoms with E-state index in [9.17, 15) is 0 Å². The van der Waals surface area contributed by atoms with Gasteiger partial charge in [0, 0.05) is 48.2 Å². The van der Waals surface area contributed by atoms with Gasteiger partial charge in [-0.3, -0.25) is 0 Å². The average Bonchev–Trinajstić information content (AvgIpc) is 3.76. The fraction of sp³-hybridized carbons (Fsp3) is 0.0417.